The molecule has 3 nitrogen and oxygen atoms in total. The molecule has 0 amide bonds. The maximum Gasteiger partial charge on any atom is 0.186 e. The highest BCUT2D eigenvalue weighted by Crippen LogP contribution is 2.29. The molecule has 0 unspecified atom stereocenters. The number of anilines is 1. The van der Waals surface area contributed by atoms with Crippen LogP contribution in [0.3, 0.4) is 0 Å². The van der Waals surface area contributed by atoms with E-state index >= 15 is 0 Å². The van der Waals surface area contributed by atoms with Crippen molar-refractivity contribution < 1.29 is 0 Å². The zero-order chi connectivity index (χ0) is 15.0. The van der Waals surface area contributed by atoms with Crippen LogP contribution in [0.25, 0.3) is 0 Å². The number of aryl methyl sites for hydroxylation is 1. The van der Waals surface area contributed by atoms with Gasteiger partial charge in [0.05, 0.1) is 5.69 Å². The van der Waals surface area contributed by atoms with Gasteiger partial charge in [-0.15, -0.1) is 11.3 Å². The summed E-state index contributed by atoms with van der Waals surface area (Å²) in [6.45, 7) is 11.1. The Labute approximate surface area is 128 Å². The van der Waals surface area contributed by atoms with Crippen LogP contribution in [0.5, 0.6) is 0 Å². The number of hydrogen-bond acceptors (Lipinski definition) is 4. The van der Waals surface area contributed by atoms with Gasteiger partial charge >= 0.3 is 0 Å². The zero-order valence-electron chi connectivity index (χ0n) is 13.8. The molecule has 1 heterocycles. The van der Waals surface area contributed by atoms with Crippen LogP contribution in [0, 0.1) is 0 Å². The quantitative estimate of drug-likeness (QED) is 0.655. The summed E-state index contributed by atoms with van der Waals surface area (Å²) in [5.74, 6) is 0. The molecule has 0 aromatic carbocycles. The predicted molar refractivity (Wildman–Crippen MR) is 90.9 cm³/mol. The van der Waals surface area contributed by atoms with Crippen molar-refractivity contribution in [3.05, 3.63) is 10.6 Å². The lowest BCUT2D eigenvalue weighted by molar-refractivity contribution is 0.623. The number of nitrogens with zero attached hydrogens (tertiary/aromatic N) is 2. The van der Waals surface area contributed by atoms with Crippen molar-refractivity contribution in [2.45, 2.75) is 72.4 Å². The van der Waals surface area contributed by atoms with Gasteiger partial charge in [-0.1, -0.05) is 33.1 Å². The summed E-state index contributed by atoms with van der Waals surface area (Å²) in [5.41, 5.74) is 1.29. The summed E-state index contributed by atoms with van der Waals surface area (Å²) in [5, 5.41) is 4.48. The van der Waals surface area contributed by atoms with Crippen LogP contribution in [0.1, 0.15) is 63.9 Å². The van der Waals surface area contributed by atoms with Crippen molar-refractivity contribution in [1.82, 2.24) is 10.3 Å². The molecule has 0 aliphatic heterocycles. The molecule has 0 aliphatic rings. The second kappa shape index (κ2) is 9.35. The minimum absolute atomic E-state index is 0.523. The van der Waals surface area contributed by atoms with Crippen molar-refractivity contribution in [3.8, 4) is 0 Å². The van der Waals surface area contributed by atoms with Crippen LogP contribution in [0.4, 0.5) is 5.13 Å². The summed E-state index contributed by atoms with van der Waals surface area (Å²) in [6, 6.07) is 0.523. The Morgan fingerprint density at radius 2 is 1.95 bits per heavy atom. The van der Waals surface area contributed by atoms with Gasteiger partial charge < -0.3 is 10.2 Å². The number of rotatable bonds is 10. The van der Waals surface area contributed by atoms with Crippen LogP contribution in [-0.2, 0) is 13.0 Å². The van der Waals surface area contributed by atoms with E-state index in [9.17, 15) is 0 Å². The summed E-state index contributed by atoms with van der Waals surface area (Å²) < 4.78 is 0. The Morgan fingerprint density at radius 3 is 2.50 bits per heavy atom. The Balaban J connectivity index is 2.86. The SMILES string of the molecule is CCCCCN(c1nc(CCC)c(CNC)s1)C(C)C. The van der Waals surface area contributed by atoms with Crippen molar-refractivity contribution in [2.75, 3.05) is 18.5 Å². The molecule has 0 spiro atoms. The highest BCUT2D eigenvalue weighted by atomic mass is 32.1. The molecule has 1 rings (SSSR count). The predicted octanol–water partition coefficient (Wildman–Crippen LogP) is 4.22. The zero-order valence-corrected chi connectivity index (χ0v) is 14.6. The summed E-state index contributed by atoms with van der Waals surface area (Å²) >= 11 is 1.87. The minimum Gasteiger partial charge on any atom is -0.346 e. The summed E-state index contributed by atoms with van der Waals surface area (Å²) in [4.78, 5) is 8.80. The molecule has 0 bridgehead atoms. The van der Waals surface area contributed by atoms with Crippen LogP contribution in [0.2, 0.25) is 0 Å². The molecule has 1 aromatic rings. The van der Waals surface area contributed by atoms with Crippen LogP contribution in [-0.4, -0.2) is 24.6 Å². The third-order valence-electron chi connectivity index (χ3n) is 3.46. The van der Waals surface area contributed by atoms with Crippen molar-refractivity contribution in [1.29, 1.82) is 0 Å². The Hall–Kier alpha value is -0.610. The van der Waals surface area contributed by atoms with E-state index in [4.69, 9.17) is 4.98 Å². The monoisotopic (exact) mass is 297 g/mol. The van der Waals surface area contributed by atoms with Crippen molar-refractivity contribution >= 4 is 16.5 Å². The van der Waals surface area contributed by atoms with E-state index in [1.165, 1.54) is 35.0 Å². The van der Waals surface area contributed by atoms with Gasteiger partial charge in [-0.3, -0.25) is 0 Å². The first-order valence-electron chi connectivity index (χ1n) is 8.03. The highest BCUT2D eigenvalue weighted by Gasteiger charge is 2.17. The van der Waals surface area contributed by atoms with Gasteiger partial charge in [0.2, 0.25) is 0 Å². The van der Waals surface area contributed by atoms with Gasteiger partial charge in [0.15, 0.2) is 5.13 Å². The molecule has 0 saturated carbocycles. The van der Waals surface area contributed by atoms with E-state index in [-0.39, 0.29) is 0 Å². The molecule has 0 radical (unpaired) electrons. The molecular formula is C16H31N3S. The second-order valence-corrected chi connectivity index (χ2v) is 6.70. The maximum absolute atomic E-state index is 4.92. The first kappa shape index (κ1) is 17.4. The van der Waals surface area contributed by atoms with Gasteiger partial charge in [-0.25, -0.2) is 4.98 Å². The molecule has 0 saturated heterocycles. The highest BCUT2D eigenvalue weighted by molar-refractivity contribution is 7.15. The smallest absolute Gasteiger partial charge is 0.186 e. The van der Waals surface area contributed by atoms with Crippen LogP contribution in [0.15, 0.2) is 0 Å². The van der Waals surface area contributed by atoms with Gasteiger partial charge in [0.1, 0.15) is 0 Å². The second-order valence-electron chi connectivity index (χ2n) is 5.64. The van der Waals surface area contributed by atoms with E-state index in [2.05, 4.69) is 37.9 Å². The van der Waals surface area contributed by atoms with Gasteiger partial charge in [0, 0.05) is 24.0 Å². The van der Waals surface area contributed by atoms with E-state index in [0.29, 0.717) is 6.04 Å². The lowest BCUT2D eigenvalue weighted by atomic mass is 10.2. The first-order valence-corrected chi connectivity index (χ1v) is 8.85. The molecule has 1 N–H and O–H groups in total. The number of hydrogen-bond donors (Lipinski definition) is 1. The van der Waals surface area contributed by atoms with Crippen molar-refractivity contribution in [3.63, 3.8) is 0 Å². The number of nitrogens with one attached hydrogen (secondary N) is 1. The number of aromatic nitrogens is 1. The van der Waals surface area contributed by atoms with Gasteiger partial charge in [-0.2, -0.15) is 0 Å². The molecule has 1 aromatic heterocycles. The lowest BCUT2D eigenvalue weighted by Gasteiger charge is -2.26. The van der Waals surface area contributed by atoms with E-state index in [1.807, 2.05) is 18.4 Å². The molecule has 4 heteroatoms. The largest absolute Gasteiger partial charge is 0.346 e. The number of unbranched alkanes of at least 4 members (excludes halogenated alkanes) is 2. The molecule has 0 aliphatic carbocycles. The molecule has 116 valence electrons. The van der Waals surface area contributed by atoms with Crippen LogP contribution >= 0.6 is 11.3 Å². The normalized spacial score (nSPS) is 11.3. The minimum atomic E-state index is 0.523. The molecule has 20 heavy (non-hydrogen) atoms. The Kier molecular flexibility index (Phi) is 8.15. The lowest BCUT2D eigenvalue weighted by Crippen LogP contribution is -2.31. The van der Waals surface area contributed by atoms with E-state index < -0.39 is 0 Å². The molecule has 0 fully saturated rings. The molecule has 0 atom stereocenters. The average Bonchev–Trinajstić information content (AvgIpc) is 2.78. The fourth-order valence-electron chi connectivity index (χ4n) is 2.33. The number of thiazole rings is 1. The summed E-state index contributed by atoms with van der Waals surface area (Å²) in [6.07, 6.45) is 6.10. The third-order valence-corrected chi connectivity index (χ3v) is 4.60. The average molecular weight is 298 g/mol. The topological polar surface area (TPSA) is 28.2 Å². The fourth-order valence-corrected chi connectivity index (χ4v) is 3.61. The van der Waals surface area contributed by atoms with E-state index in [1.54, 1.807) is 0 Å². The van der Waals surface area contributed by atoms with Crippen molar-refractivity contribution in [2.24, 2.45) is 0 Å². The fraction of sp³-hybridized carbons (Fsp3) is 0.812. The Bertz CT molecular complexity index is 350. The molecular weight excluding hydrogens is 266 g/mol. The van der Waals surface area contributed by atoms with E-state index in [0.717, 1.165) is 25.9 Å². The summed E-state index contributed by atoms with van der Waals surface area (Å²) in [7, 11) is 2.01. The van der Waals surface area contributed by atoms with Gasteiger partial charge in [0.25, 0.3) is 0 Å². The van der Waals surface area contributed by atoms with Gasteiger partial charge in [-0.05, 0) is 33.7 Å². The Morgan fingerprint density at radius 1 is 1.20 bits per heavy atom. The standard InChI is InChI=1S/C16H31N3S/c1-6-8-9-11-19(13(3)4)16-18-14(10-7-2)15(20-16)12-17-5/h13,17H,6-12H2,1-5H3. The maximum atomic E-state index is 4.92. The third kappa shape index (κ3) is 5.06. The van der Waals surface area contributed by atoms with Crippen LogP contribution < -0.4 is 10.2 Å². The first-order chi connectivity index (χ1) is 9.63.